The number of aromatic nitrogens is 2. The maximum atomic E-state index is 13.1. The molecule has 0 unspecified atom stereocenters. The second-order valence-corrected chi connectivity index (χ2v) is 3.84. The molecule has 0 bridgehead atoms. The molecular weight excluding hydrogens is 269 g/mol. The van der Waals surface area contributed by atoms with E-state index in [0.717, 1.165) is 18.2 Å². The Morgan fingerprint density at radius 3 is 2.90 bits per heavy atom. The zero-order chi connectivity index (χ0) is 14.7. The fourth-order valence-electron chi connectivity index (χ4n) is 1.52. The lowest BCUT2D eigenvalue weighted by Crippen LogP contribution is -2.09. The standard InChI is InChI=1S/C12H10FN3O4/c1-2-15-7-8(6-14-15)12(17)20-11-5-9(13)3-4-10(11)16(18)19/h3-7H,2H2,1H3. The van der Waals surface area contributed by atoms with Gasteiger partial charge in [-0.3, -0.25) is 14.8 Å². The molecule has 7 nitrogen and oxygen atoms in total. The van der Waals surface area contributed by atoms with Gasteiger partial charge in [0, 0.05) is 24.9 Å². The molecule has 0 fully saturated rings. The van der Waals surface area contributed by atoms with Gasteiger partial charge in [0.05, 0.1) is 16.7 Å². The average molecular weight is 279 g/mol. The van der Waals surface area contributed by atoms with Gasteiger partial charge in [-0.15, -0.1) is 0 Å². The van der Waals surface area contributed by atoms with Gasteiger partial charge < -0.3 is 4.74 Å². The summed E-state index contributed by atoms with van der Waals surface area (Å²) in [6.07, 6.45) is 2.71. The van der Waals surface area contributed by atoms with Crippen molar-refractivity contribution >= 4 is 11.7 Å². The minimum atomic E-state index is -0.835. The first-order chi connectivity index (χ1) is 9.51. The van der Waals surface area contributed by atoms with Gasteiger partial charge in [0.1, 0.15) is 5.82 Å². The van der Waals surface area contributed by atoms with E-state index in [9.17, 15) is 19.3 Å². The number of carbonyl (C=O) groups excluding carboxylic acids is 1. The number of aryl methyl sites for hydroxylation is 1. The Bertz CT molecular complexity index is 668. The Kier molecular flexibility index (Phi) is 3.74. The third-order valence-electron chi connectivity index (χ3n) is 2.51. The fourth-order valence-corrected chi connectivity index (χ4v) is 1.52. The van der Waals surface area contributed by atoms with Crippen LogP contribution in [0.3, 0.4) is 0 Å². The highest BCUT2D eigenvalue weighted by Gasteiger charge is 2.20. The SMILES string of the molecule is CCn1cc(C(=O)Oc2cc(F)ccc2[N+](=O)[O-])cn1. The van der Waals surface area contributed by atoms with Crippen molar-refractivity contribution in [3.05, 3.63) is 52.1 Å². The molecule has 0 atom stereocenters. The van der Waals surface area contributed by atoms with E-state index < -0.39 is 28.1 Å². The number of esters is 1. The predicted molar refractivity (Wildman–Crippen MR) is 65.9 cm³/mol. The second kappa shape index (κ2) is 5.47. The van der Waals surface area contributed by atoms with Crippen LogP contribution >= 0.6 is 0 Å². The first kappa shape index (κ1) is 13.7. The molecule has 1 aromatic carbocycles. The lowest BCUT2D eigenvalue weighted by molar-refractivity contribution is -0.385. The van der Waals surface area contributed by atoms with Crippen molar-refractivity contribution in [3.63, 3.8) is 0 Å². The smallest absolute Gasteiger partial charge is 0.346 e. The van der Waals surface area contributed by atoms with Gasteiger partial charge in [-0.05, 0) is 13.0 Å². The van der Waals surface area contributed by atoms with Crippen molar-refractivity contribution in [2.45, 2.75) is 13.5 Å². The van der Waals surface area contributed by atoms with E-state index in [0.29, 0.717) is 6.54 Å². The molecule has 0 N–H and O–H groups in total. The molecule has 0 aliphatic rings. The highest BCUT2D eigenvalue weighted by molar-refractivity contribution is 5.91. The van der Waals surface area contributed by atoms with E-state index in [4.69, 9.17) is 4.74 Å². The zero-order valence-corrected chi connectivity index (χ0v) is 10.4. The van der Waals surface area contributed by atoms with E-state index in [2.05, 4.69) is 5.10 Å². The molecule has 8 heteroatoms. The highest BCUT2D eigenvalue weighted by Crippen LogP contribution is 2.28. The molecule has 104 valence electrons. The lowest BCUT2D eigenvalue weighted by atomic mass is 10.3. The third kappa shape index (κ3) is 2.79. The molecule has 0 saturated heterocycles. The van der Waals surface area contributed by atoms with Gasteiger partial charge in [-0.1, -0.05) is 0 Å². The summed E-state index contributed by atoms with van der Waals surface area (Å²) in [5.41, 5.74) is -0.354. The van der Waals surface area contributed by atoms with E-state index in [1.165, 1.54) is 17.1 Å². The molecule has 20 heavy (non-hydrogen) atoms. The van der Waals surface area contributed by atoms with Crippen LogP contribution in [0.2, 0.25) is 0 Å². The quantitative estimate of drug-likeness (QED) is 0.370. The number of hydrogen-bond acceptors (Lipinski definition) is 5. The molecule has 0 spiro atoms. The van der Waals surface area contributed by atoms with Gasteiger partial charge >= 0.3 is 11.7 Å². The van der Waals surface area contributed by atoms with E-state index in [1.54, 1.807) is 0 Å². The average Bonchev–Trinajstić information content (AvgIpc) is 2.87. The zero-order valence-electron chi connectivity index (χ0n) is 10.4. The van der Waals surface area contributed by atoms with Crippen LogP contribution in [0.5, 0.6) is 5.75 Å². The van der Waals surface area contributed by atoms with Crippen molar-refractivity contribution in [3.8, 4) is 5.75 Å². The minimum absolute atomic E-state index is 0.130. The summed E-state index contributed by atoms with van der Waals surface area (Å²) in [5.74, 6) is -2.01. The number of halogens is 1. The van der Waals surface area contributed by atoms with Crippen LogP contribution in [0.15, 0.2) is 30.6 Å². The molecule has 2 rings (SSSR count). The van der Waals surface area contributed by atoms with Gasteiger partial charge in [0.25, 0.3) is 0 Å². The largest absolute Gasteiger partial charge is 0.415 e. The van der Waals surface area contributed by atoms with Crippen molar-refractivity contribution in [1.82, 2.24) is 9.78 Å². The van der Waals surface area contributed by atoms with Crippen molar-refractivity contribution in [2.75, 3.05) is 0 Å². The van der Waals surface area contributed by atoms with Crippen LogP contribution in [-0.2, 0) is 6.54 Å². The van der Waals surface area contributed by atoms with Crippen LogP contribution in [0.4, 0.5) is 10.1 Å². The van der Waals surface area contributed by atoms with Crippen molar-refractivity contribution < 1.29 is 18.8 Å². The predicted octanol–water partition coefficient (Wildman–Crippen LogP) is 2.17. The normalized spacial score (nSPS) is 10.3. The Morgan fingerprint density at radius 1 is 1.55 bits per heavy atom. The molecule has 1 heterocycles. The summed E-state index contributed by atoms with van der Waals surface area (Å²) >= 11 is 0. The molecule has 0 saturated carbocycles. The number of hydrogen-bond donors (Lipinski definition) is 0. The van der Waals surface area contributed by atoms with Crippen LogP contribution < -0.4 is 4.74 Å². The van der Waals surface area contributed by atoms with Gasteiger partial charge in [0.2, 0.25) is 5.75 Å². The number of benzene rings is 1. The molecular formula is C12H10FN3O4. The molecule has 2 aromatic rings. The Morgan fingerprint density at radius 2 is 2.30 bits per heavy atom. The van der Waals surface area contributed by atoms with E-state index in [-0.39, 0.29) is 5.56 Å². The Balaban J connectivity index is 2.27. The van der Waals surface area contributed by atoms with Gasteiger partial charge in [-0.25, -0.2) is 9.18 Å². The molecule has 0 amide bonds. The van der Waals surface area contributed by atoms with Gasteiger partial charge in [0.15, 0.2) is 0 Å². The van der Waals surface area contributed by atoms with Crippen LogP contribution in [0.1, 0.15) is 17.3 Å². The number of nitro benzene ring substituents is 1. The van der Waals surface area contributed by atoms with Crippen LogP contribution in [0.25, 0.3) is 0 Å². The highest BCUT2D eigenvalue weighted by atomic mass is 19.1. The Labute approximate surface area is 112 Å². The maximum Gasteiger partial charge on any atom is 0.346 e. The summed E-state index contributed by atoms with van der Waals surface area (Å²) < 4.78 is 19.4. The summed E-state index contributed by atoms with van der Waals surface area (Å²) in [4.78, 5) is 21.8. The first-order valence-corrected chi connectivity index (χ1v) is 5.70. The van der Waals surface area contributed by atoms with Crippen LogP contribution in [0, 0.1) is 15.9 Å². The summed E-state index contributed by atoms with van der Waals surface area (Å²) in [7, 11) is 0. The summed E-state index contributed by atoms with van der Waals surface area (Å²) in [6, 6.07) is 2.65. The molecule has 0 aliphatic heterocycles. The summed E-state index contributed by atoms with van der Waals surface area (Å²) in [5, 5.41) is 14.7. The number of nitro groups is 1. The molecule has 0 radical (unpaired) electrons. The monoisotopic (exact) mass is 279 g/mol. The third-order valence-corrected chi connectivity index (χ3v) is 2.51. The van der Waals surface area contributed by atoms with E-state index >= 15 is 0 Å². The Hall–Kier alpha value is -2.77. The first-order valence-electron chi connectivity index (χ1n) is 5.70. The van der Waals surface area contributed by atoms with Crippen molar-refractivity contribution in [1.29, 1.82) is 0 Å². The second-order valence-electron chi connectivity index (χ2n) is 3.84. The number of rotatable bonds is 4. The number of nitrogens with zero attached hydrogens (tertiary/aromatic N) is 3. The number of ether oxygens (including phenoxy) is 1. The van der Waals surface area contributed by atoms with Crippen LogP contribution in [-0.4, -0.2) is 20.7 Å². The topological polar surface area (TPSA) is 87.3 Å². The van der Waals surface area contributed by atoms with Crippen molar-refractivity contribution in [2.24, 2.45) is 0 Å². The maximum absolute atomic E-state index is 13.1. The molecule has 1 aromatic heterocycles. The minimum Gasteiger partial charge on any atom is -0.415 e. The molecule has 0 aliphatic carbocycles. The fraction of sp³-hybridized carbons (Fsp3) is 0.167. The summed E-state index contributed by atoms with van der Waals surface area (Å²) in [6.45, 7) is 2.40. The van der Waals surface area contributed by atoms with E-state index in [1.807, 2.05) is 6.92 Å². The lowest BCUT2D eigenvalue weighted by Gasteiger charge is -2.03. The number of carbonyl (C=O) groups is 1. The van der Waals surface area contributed by atoms with Gasteiger partial charge in [-0.2, -0.15) is 5.10 Å².